The van der Waals surface area contributed by atoms with Gasteiger partial charge in [0.05, 0.1) is 5.56 Å². The first-order valence-corrected chi connectivity index (χ1v) is 5.42. The van der Waals surface area contributed by atoms with Crippen LogP contribution in [0.25, 0.3) is 0 Å². The van der Waals surface area contributed by atoms with Crippen molar-refractivity contribution in [1.82, 2.24) is 4.90 Å². The van der Waals surface area contributed by atoms with Crippen molar-refractivity contribution in [2.45, 2.75) is 12.6 Å². The highest BCUT2D eigenvalue weighted by Crippen LogP contribution is 2.34. The Balaban J connectivity index is 2.66. The maximum atomic E-state index is 12.6. The molecule has 0 saturated carbocycles. The van der Waals surface area contributed by atoms with Crippen LogP contribution in [0.4, 0.5) is 18.9 Å². The Kier molecular flexibility index (Phi) is 4.58. The van der Waals surface area contributed by atoms with E-state index in [1.165, 1.54) is 23.1 Å². The van der Waals surface area contributed by atoms with E-state index < -0.39 is 11.7 Å². The number of nitrogens with one attached hydrogen (secondary N) is 1. The Morgan fingerprint density at radius 3 is 2.44 bits per heavy atom. The van der Waals surface area contributed by atoms with Crippen LogP contribution in [0.5, 0.6) is 0 Å². The third-order valence-corrected chi connectivity index (χ3v) is 2.39. The number of anilines is 1. The van der Waals surface area contributed by atoms with Gasteiger partial charge in [-0.15, -0.1) is 0 Å². The summed E-state index contributed by atoms with van der Waals surface area (Å²) >= 11 is 0. The van der Waals surface area contributed by atoms with Crippen molar-refractivity contribution in [2.75, 3.05) is 26.0 Å². The van der Waals surface area contributed by atoms with Gasteiger partial charge in [0.2, 0.25) is 5.91 Å². The van der Waals surface area contributed by atoms with Gasteiger partial charge in [-0.3, -0.25) is 4.79 Å². The first kappa shape index (κ1) is 14.3. The summed E-state index contributed by atoms with van der Waals surface area (Å²) in [6.45, 7) is 0.171. The number of alkyl halides is 3. The SMILES string of the molecule is CN(C)C(=O)CCNc1ccccc1C(F)(F)F. The molecule has 1 amide bonds. The van der Waals surface area contributed by atoms with Gasteiger partial charge in [0, 0.05) is 32.7 Å². The summed E-state index contributed by atoms with van der Waals surface area (Å²) in [5, 5.41) is 2.64. The number of rotatable bonds is 4. The normalized spacial score (nSPS) is 11.2. The molecule has 3 nitrogen and oxygen atoms in total. The first-order chi connectivity index (χ1) is 8.32. The number of hydrogen-bond acceptors (Lipinski definition) is 2. The molecule has 18 heavy (non-hydrogen) atoms. The van der Waals surface area contributed by atoms with Gasteiger partial charge in [-0.2, -0.15) is 13.2 Å². The van der Waals surface area contributed by atoms with Gasteiger partial charge in [-0.05, 0) is 12.1 Å². The lowest BCUT2D eigenvalue weighted by Gasteiger charge is -2.15. The summed E-state index contributed by atoms with van der Waals surface area (Å²) in [4.78, 5) is 12.7. The van der Waals surface area contributed by atoms with Crippen molar-refractivity contribution < 1.29 is 18.0 Å². The molecule has 0 aliphatic carbocycles. The number of amides is 1. The van der Waals surface area contributed by atoms with E-state index in [0.717, 1.165) is 6.07 Å². The third-order valence-electron chi connectivity index (χ3n) is 2.39. The molecule has 6 heteroatoms. The topological polar surface area (TPSA) is 32.3 Å². The predicted molar refractivity (Wildman–Crippen MR) is 63.2 cm³/mol. The quantitative estimate of drug-likeness (QED) is 0.902. The first-order valence-electron chi connectivity index (χ1n) is 5.42. The van der Waals surface area contributed by atoms with E-state index in [9.17, 15) is 18.0 Å². The van der Waals surface area contributed by atoms with Crippen molar-refractivity contribution in [3.63, 3.8) is 0 Å². The largest absolute Gasteiger partial charge is 0.418 e. The standard InChI is InChI=1S/C12H15F3N2O/c1-17(2)11(18)7-8-16-10-6-4-3-5-9(10)12(13,14)15/h3-6,16H,7-8H2,1-2H3. The average Bonchev–Trinajstić information content (AvgIpc) is 2.28. The summed E-state index contributed by atoms with van der Waals surface area (Å²) in [6.07, 6.45) is -4.24. The number of hydrogen-bond donors (Lipinski definition) is 1. The van der Waals surface area contributed by atoms with E-state index in [1.54, 1.807) is 14.1 Å². The van der Waals surface area contributed by atoms with Gasteiger partial charge in [0.15, 0.2) is 0 Å². The third kappa shape index (κ3) is 3.94. The smallest absolute Gasteiger partial charge is 0.384 e. The highest BCUT2D eigenvalue weighted by molar-refractivity contribution is 5.76. The summed E-state index contributed by atoms with van der Waals surface area (Å²) in [5.74, 6) is -0.132. The molecule has 0 aliphatic heterocycles. The number of carbonyl (C=O) groups is 1. The van der Waals surface area contributed by atoms with Gasteiger partial charge >= 0.3 is 6.18 Å². The molecular weight excluding hydrogens is 245 g/mol. The van der Waals surface area contributed by atoms with Crippen LogP contribution in [0.15, 0.2) is 24.3 Å². The van der Waals surface area contributed by atoms with Crippen molar-refractivity contribution >= 4 is 11.6 Å². The van der Waals surface area contributed by atoms with Crippen LogP contribution in [0.3, 0.4) is 0 Å². The second-order valence-electron chi connectivity index (χ2n) is 4.01. The monoisotopic (exact) mass is 260 g/mol. The number of para-hydroxylation sites is 1. The van der Waals surface area contributed by atoms with Gasteiger partial charge < -0.3 is 10.2 Å². The lowest BCUT2D eigenvalue weighted by molar-refractivity contribution is -0.137. The minimum Gasteiger partial charge on any atom is -0.384 e. The molecule has 100 valence electrons. The lowest BCUT2D eigenvalue weighted by Crippen LogP contribution is -2.24. The van der Waals surface area contributed by atoms with Gasteiger partial charge in [0.25, 0.3) is 0 Å². The van der Waals surface area contributed by atoms with E-state index in [-0.39, 0.29) is 24.6 Å². The predicted octanol–water partition coefficient (Wildman–Crippen LogP) is 2.60. The van der Waals surface area contributed by atoms with Crippen LogP contribution in [-0.2, 0) is 11.0 Å². The highest BCUT2D eigenvalue weighted by Gasteiger charge is 2.32. The van der Waals surface area contributed by atoms with E-state index in [1.807, 2.05) is 0 Å². The van der Waals surface area contributed by atoms with E-state index in [4.69, 9.17) is 0 Å². The molecule has 0 aliphatic rings. The maximum Gasteiger partial charge on any atom is 0.418 e. The van der Waals surface area contributed by atoms with Crippen LogP contribution in [-0.4, -0.2) is 31.4 Å². The fourth-order valence-corrected chi connectivity index (χ4v) is 1.41. The van der Waals surface area contributed by atoms with E-state index in [2.05, 4.69) is 5.32 Å². The fraction of sp³-hybridized carbons (Fsp3) is 0.417. The Morgan fingerprint density at radius 2 is 1.89 bits per heavy atom. The van der Waals surface area contributed by atoms with Crippen LogP contribution < -0.4 is 5.32 Å². The Morgan fingerprint density at radius 1 is 1.28 bits per heavy atom. The summed E-state index contributed by atoms with van der Waals surface area (Å²) in [6, 6.07) is 5.21. The summed E-state index contributed by atoms with van der Waals surface area (Å²) in [7, 11) is 3.21. The second kappa shape index (κ2) is 5.75. The zero-order valence-corrected chi connectivity index (χ0v) is 10.2. The molecule has 0 heterocycles. The molecule has 1 N–H and O–H groups in total. The molecule has 0 radical (unpaired) electrons. The van der Waals surface area contributed by atoms with Crippen LogP contribution >= 0.6 is 0 Å². The van der Waals surface area contributed by atoms with Gasteiger partial charge in [-0.1, -0.05) is 12.1 Å². The van der Waals surface area contributed by atoms with Crippen molar-refractivity contribution in [2.24, 2.45) is 0 Å². The molecular formula is C12H15F3N2O. The van der Waals surface area contributed by atoms with Gasteiger partial charge in [0.1, 0.15) is 0 Å². The Bertz CT molecular complexity index is 416. The summed E-state index contributed by atoms with van der Waals surface area (Å²) < 4.78 is 37.9. The van der Waals surface area contributed by atoms with Gasteiger partial charge in [-0.25, -0.2) is 0 Å². The minimum absolute atomic E-state index is 0.00319. The molecule has 0 saturated heterocycles. The number of halogens is 3. The number of nitrogens with zero attached hydrogens (tertiary/aromatic N) is 1. The zero-order chi connectivity index (χ0) is 13.8. The van der Waals surface area contributed by atoms with E-state index >= 15 is 0 Å². The Labute approximate surface area is 104 Å². The zero-order valence-electron chi connectivity index (χ0n) is 10.2. The second-order valence-corrected chi connectivity index (χ2v) is 4.01. The molecule has 1 rings (SSSR count). The number of benzene rings is 1. The number of carbonyl (C=O) groups excluding carboxylic acids is 1. The van der Waals surface area contributed by atoms with Crippen molar-refractivity contribution in [1.29, 1.82) is 0 Å². The molecule has 1 aromatic rings. The lowest BCUT2D eigenvalue weighted by atomic mass is 10.1. The minimum atomic E-state index is -4.39. The molecule has 0 unspecified atom stereocenters. The molecule has 0 atom stereocenters. The van der Waals surface area contributed by atoms with Crippen LogP contribution in [0.1, 0.15) is 12.0 Å². The maximum absolute atomic E-state index is 12.6. The van der Waals surface area contributed by atoms with Crippen molar-refractivity contribution in [3.05, 3.63) is 29.8 Å². The summed E-state index contributed by atoms with van der Waals surface area (Å²) in [5.41, 5.74) is -0.723. The van der Waals surface area contributed by atoms with Crippen LogP contribution in [0.2, 0.25) is 0 Å². The fourth-order valence-electron chi connectivity index (χ4n) is 1.41. The highest BCUT2D eigenvalue weighted by atomic mass is 19.4. The molecule has 1 aromatic carbocycles. The Hall–Kier alpha value is -1.72. The molecule has 0 spiro atoms. The molecule has 0 bridgehead atoms. The van der Waals surface area contributed by atoms with Crippen LogP contribution in [0, 0.1) is 0 Å². The average molecular weight is 260 g/mol. The molecule has 0 aromatic heterocycles. The molecule has 0 fully saturated rings. The van der Waals surface area contributed by atoms with E-state index in [0.29, 0.717) is 0 Å². The van der Waals surface area contributed by atoms with Crippen molar-refractivity contribution in [3.8, 4) is 0 Å².